The molecular weight excluding hydrogens is 308 g/mol. The van der Waals surface area contributed by atoms with Crippen molar-refractivity contribution in [3.63, 3.8) is 0 Å². The smallest absolute Gasteiger partial charge is 0.337 e. The van der Waals surface area contributed by atoms with E-state index in [9.17, 15) is 4.79 Å². The van der Waals surface area contributed by atoms with Crippen molar-refractivity contribution in [1.29, 1.82) is 5.26 Å². The summed E-state index contributed by atoms with van der Waals surface area (Å²) in [6.45, 7) is 8.50. The summed E-state index contributed by atoms with van der Waals surface area (Å²) in [5.74, 6) is 0.408. The minimum Gasteiger partial charge on any atom is -0.492 e. The molecule has 1 saturated heterocycles. The molecule has 1 aliphatic heterocycles. The fourth-order valence-corrected chi connectivity index (χ4v) is 2.33. The summed E-state index contributed by atoms with van der Waals surface area (Å²) in [6.07, 6.45) is -0.548. The van der Waals surface area contributed by atoms with Crippen LogP contribution in [0.25, 0.3) is 0 Å². The van der Waals surface area contributed by atoms with Gasteiger partial charge in [-0.15, -0.1) is 0 Å². The fourth-order valence-electron chi connectivity index (χ4n) is 2.33. The van der Waals surface area contributed by atoms with E-state index in [4.69, 9.17) is 19.5 Å². The van der Waals surface area contributed by atoms with Gasteiger partial charge in [0, 0.05) is 19.6 Å². The molecule has 6 heteroatoms. The van der Waals surface area contributed by atoms with Crippen molar-refractivity contribution in [2.45, 2.75) is 32.5 Å². The molecule has 0 spiro atoms. The van der Waals surface area contributed by atoms with Gasteiger partial charge in [-0.25, -0.2) is 4.79 Å². The largest absolute Gasteiger partial charge is 0.492 e. The van der Waals surface area contributed by atoms with Crippen LogP contribution in [0.5, 0.6) is 5.75 Å². The lowest BCUT2D eigenvalue weighted by Crippen LogP contribution is -2.48. The van der Waals surface area contributed by atoms with Gasteiger partial charge in [0.1, 0.15) is 18.0 Å². The van der Waals surface area contributed by atoms with Crippen LogP contribution in [-0.4, -0.2) is 55.4 Å². The Labute approximate surface area is 142 Å². The molecule has 1 aliphatic rings. The van der Waals surface area contributed by atoms with Crippen LogP contribution < -0.4 is 4.74 Å². The number of hydrogen-bond acceptors (Lipinski definition) is 6. The van der Waals surface area contributed by atoms with E-state index in [1.54, 1.807) is 24.3 Å². The number of ether oxygens (including phenoxy) is 3. The van der Waals surface area contributed by atoms with Gasteiger partial charge >= 0.3 is 5.97 Å². The van der Waals surface area contributed by atoms with E-state index in [-0.39, 0.29) is 5.97 Å². The fraction of sp³-hybridized carbons (Fsp3) is 0.556. The first-order valence-corrected chi connectivity index (χ1v) is 8.07. The predicted molar refractivity (Wildman–Crippen MR) is 88.7 cm³/mol. The Balaban J connectivity index is 1.76. The molecule has 2 rings (SSSR count). The maximum Gasteiger partial charge on any atom is 0.337 e. The third-order valence-corrected chi connectivity index (χ3v) is 3.48. The molecule has 0 bridgehead atoms. The van der Waals surface area contributed by atoms with Crippen molar-refractivity contribution >= 4 is 5.97 Å². The molecule has 0 radical (unpaired) electrons. The van der Waals surface area contributed by atoms with E-state index in [1.807, 2.05) is 20.8 Å². The van der Waals surface area contributed by atoms with Gasteiger partial charge in [-0.1, -0.05) is 0 Å². The first-order valence-electron chi connectivity index (χ1n) is 8.07. The number of rotatable bonds is 5. The lowest BCUT2D eigenvalue weighted by Gasteiger charge is -2.33. The quantitative estimate of drug-likeness (QED) is 0.768. The van der Waals surface area contributed by atoms with E-state index >= 15 is 0 Å². The van der Waals surface area contributed by atoms with Crippen LogP contribution in [0.2, 0.25) is 0 Å². The van der Waals surface area contributed by atoms with E-state index in [1.165, 1.54) is 0 Å². The van der Waals surface area contributed by atoms with E-state index in [2.05, 4.69) is 11.0 Å². The van der Waals surface area contributed by atoms with Crippen LogP contribution in [0.15, 0.2) is 24.3 Å². The van der Waals surface area contributed by atoms with Gasteiger partial charge in [-0.05, 0) is 45.0 Å². The highest BCUT2D eigenvalue weighted by molar-refractivity contribution is 5.75. The number of carbonyl (C=O) groups excluding carboxylic acids is 1. The molecular formula is C18H24N2O4. The Morgan fingerprint density at radius 1 is 1.38 bits per heavy atom. The summed E-state index contributed by atoms with van der Waals surface area (Å²) >= 11 is 0. The van der Waals surface area contributed by atoms with E-state index < -0.39 is 11.7 Å². The summed E-state index contributed by atoms with van der Waals surface area (Å²) in [5.41, 5.74) is 0.0947. The SMILES string of the molecule is CC(C)(C)OC(=O)[C@@H]1CN(CCOc2ccc(C#N)cc2)CCO1. The molecule has 1 aromatic carbocycles. The summed E-state index contributed by atoms with van der Waals surface area (Å²) in [5, 5.41) is 8.77. The first-order chi connectivity index (χ1) is 11.4. The zero-order chi connectivity index (χ0) is 17.6. The Morgan fingerprint density at radius 2 is 2.08 bits per heavy atom. The van der Waals surface area contributed by atoms with Crippen LogP contribution in [0.3, 0.4) is 0 Å². The lowest BCUT2D eigenvalue weighted by molar-refractivity contribution is -0.174. The molecule has 0 N–H and O–H groups in total. The topological polar surface area (TPSA) is 71.8 Å². The van der Waals surface area contributed by atoms with Crippen molar-refractivity contribution in [1.82, 2.24) is 4.90 Å². The molecule has 0 aliphatic carbocycles. The first kappa shape index (κ1) is 18.2. The number of carbonyl (C=O) groups is 1. The van der Waals surface area contributed by atoms with Crippen LogP contribution in [0.1, 0.15) is 26.3 Å². The Hall–Kier alpha value is -2.10. The number of esters is 1. The number of nitriles is 1. The van der Waals surface area contributed by atoms with Gasteiger partial charge in [0.2, 0.25) is 0 Å². The average Bonchev–Trinajstić information content (AvgIpc) is 2.54. The molecule has 0 amide bonds. The number of benzene rings is 1. The molecule has 0 aromatic heterocycles. The minimum absolute atomic E-state index is 0.319. The Bertz CT molecular complexity index is 587. The van der Waals surface area contributed by atoms with Crippen molar-refractivity contribution in [2.24, 2.45) is 0 Å². The molecule has 1 fully saturated rings. The molecule has 1 heterocycles. The second kappa shape index (κ2) is 8.13. The van der Waals surface area contributed by atoms with Crippen molar-refractivity contribution in [2.75, 3.05) is 32.8 Å². The van der Waals surface area contributed by atoms with Crippen LogP contribution in [-0.2, 0) is 14.3 Å². The minimum atomic E-state index is -0.548. The van der Waals surface area contributed by atoms with Gasteiger partial charge in [0.25, 0.3) is 0 Å². The normalized spacial score (nSPS) is 18.7. The van der Waals surface area contributed by atoms with Gasteiger partial charge in [0.05, 0.1) is 18.2 Å². The molecule has 130 valence electrons. The highest BCUT2D eigenvalue weighted by atomic mass is 16.6. The number of hydrogen-bond donors (Lipinski definition) is 0. The third kappa shape index (κ3) is 5.84. The highest BCUT2D eigenvalue weighted by Gasteiger charge is 2.30. The van der Waals surface area contributed by atoms with Crippen LogP contribution in [0.4, 0.5) is 0 Å². The van der Waals surface area contributed by atoms with Gasteiger partial charge in [-0.2, -0.15) is 5.26 Å². The molecule has 6 nitrogen and oxygen atoms in total. The Kier molecular flexibility index (Phi) is 6.18. The second-order valence-corrected chi connectivity index (χ2v) is 6.68. The lowest BCUT2D eigenvalue weighted by atomic mass is 10.2. The maximum absolute atomic E-state index is 12.1. The molecule has 1 aromatic rings. The van der Waals surface area contributed by atoms with Crippen LogP contribution in [0, 0.1) is 11.3 Å². The molecule has 24 heavy (non-hydrogen) atoms. The highest BCUT2D eigenvalue weighted by Crippen LogP contribution is 2.14. The summed E-state index contributed by atoms with van der Waals surface area (Å²) in [4.78, 5) is 14.2. The third-order valence-electron chi connectivity index (χ3n) is 3.48. The molecule has 0 unspecified atom stereocenters. The van der Waals surface area contributed by atoms with E-state index in [0.29, 0.717) is 31.9 Å². The zero-order valence-corrected chi connectivity index (χ0v) is 14.4. The number of nitrogens with zero attached hydrogens (tertiary/aromatic N) is 2. The van der Waals surface area contributed by atoms with Crippen molar-refractivity contribution < 1.29 is 19.0 Å². The van der Waals surface area contributed by atoms with Crippen LogP contribution >= 0.6 is 0 Å². The van der Waals surface area contributed by atoms with Gasteiger partial charge in [-0.3, -0.25) is 4.90 Å². The van der Waals surface area contributed by atoms with Gasteiger partial charge in [0.15, 0.2) is 6.10 Å². The summed E-state index contributed by atoms with van der Waals surface area (Å²) in [7, 11) is 0. The van der Waals surface area contributed by atoms with Crippen molar-refractivity contribution in [3.05, 3.63) is 29.8 Å². The summed E-state index contributed by atoms with van der Waals surface area (Å²) < 4.78 is 16.6. The predicted octanol–water partition coefficient (Wildman–Crippen LogP) is 1.98. The molecule has 1 atom stereocenters. The van der Waals surface area contributed by atoms with Crippen molar-refractivity contribution in [3.8, 4) is 11.8 Å². The van der Waals surface area contributed by atoms with E-state index in [0.717, 1.165) is 12.3 Å². The second-order valence-electron chi connectivity index (χ2n) is 6.68. The zero-order valence-electron chi connectivity index (χ0n) is 14.4. The Morgan fingerprint density at radius 3 is 2.71 bits per heavy atom. The monoisotopic (exact) mass is 332 g/mol. The maximum atomic E-state index is 12.1. The summed E-state index contributed by atoms with van der Waals surface area (Å²) in [6, 6.07) is 9.08. The van der Waals surface area contributed by atoms with Gasteiger partial charge < -0.3 is 14.2 Å². The standard InChI is InChI=1S/C18H24N2O4/c1-18(2,3)24-17(21)16-13-20(9-11-23-16)8-10-22-15-6-4-14(12-19)5-7-15/h4-7,16H,8-11,13H2,1-3H3/t16-/m0/s1. The molecule has 0 saturated carbocycles. The number of morpholine rings is 1. The average molecular weight is 332 g/mol.